The number of rotatable bonds is 5. The molecule has 0 bridgehead atoms. The molecule has 2 N–H and O–H groups in total. The van der Waals surface area contributed by atoms with E-state index >= 15 is 0 Å². The zero-order chi connectivity index (χ0) is 24.6. The highest BCUT2D eigenvalue weighted by molar-refractivity contribution is 8.04. The van der Waals surface area contributed by atoms with Crippen LogP contribution in [0.2, 0.25) is 0 Å². The molecule has 3 saturated carbocycles. The lowest BCUT2D eigenvalue weighted by Gasteiger charge is -2.58. The molecular formula is C27H47Cl2O3P. The Morgan fingerprint density at radius 3 is 2.36 bits per heavy atom. The van der Waals surface area contributed by atoms with Crippen LogP contribution in [0.3, 0.4) is 0 Å². The molecule has 0 saturated heterocycles. The molecule has 0 aromatic rings. The molecule has 1 unspecified atom stereocenters. The minimum Gasteiger partial charge on any atom is -0.393 e. The van der Waals surface area contributed by atoms with Crippen molar-refractivity contribution in [2.24, 2.45) is 46.3 Å². The van der Waals surface area contributed by atoms with Gasteiger partial charge in [0.25, 0.3) is 0 Å². The van der Waals surface area contributed by atoms with E-state index in [0.29, 0.717) is 10.8 Å². The van der Waals surface area contributed by atoms with Gasteiger partial charge in [-0.15, -0.1) is 0 Å². The van der Waals surface area contributed by atoms with Crippen LogP contribution in [-0.4, -0.2) is 16.1 Å². The van der Waals surface area contributed by atoms with Crippen LogP contribution < -0.4 is 0 Å². The van der Waals surface area contributed by atoms with Gasteiger partial charge < -0.3 is 10.00 Å². The summed E-state index contributed by atoms with van der Waals surface area (Å²) >= 11 is 8.81. The molecule has 0 radical (unpaired) electrons. The summed E-state index contributed by atoms with van der Waals surface area (Å²) in [5, 5.41) is 10.2. The predicted molar refractivity (Wildman–Crippen MR) is 141 cm³/mol. The van der Waals surface area contributed by atoms with E-state index < -0.39 is 6.07 Å². The van der Waals surface area contributed by atoms with Gasteiger partial charge in [-0.1, -0.05) is 65.5 Å². The first-order chi connectivity index (χ1) is 15.3. The van der Waals surface area contributed by atoms with Gasteiger partial charge in [-0.05, 0) is 120 Å². The summed E-state index contributed by atoms with van der Waals surface area (Å²) in [7, 11) is 0. The van der Waals surface area contributed by atoms with E-state index in [4.69, 9.17) is 4.89 Å². The van der Waals surface area contributed by atoms with E-state index in [9.17, 15) is 9.67 Å². The second kappa shape index (κ2) is 10.8. The predicted octanol–water partition coefficient (Wildman–Crippen LogP) is 8.95. The number of fused-ring (bicyclic) bond motifs is 5. The Hall–Kier alpha value is 0.470. The SMILES string of the molecule is CC(C)CCCC(C)[C@H]1CC[C@H]2[C@@H]3CC=C4C[C@@H](O)CC[C@]4(C)[C@H]3CC[C@]12C.O=P(O)(Cl)Cl. The first-order valence-electron chi connectivity index (χ1n) is 13.4. The van der Waals surface area contributed by atoms with Gasteiger partial charge in [0.1, 0.15) is 0 Å². The number of halogens is 2. The fourth-order valence-corrected chi connectivity index (χ4v) is 8.67. The number of hydrogen-bond acceptors (Lipinski definition) is 2. The number of aliphatic hydroxyl groups excluding tert-OH is 1. The molecule has 0 spiro atoms. The van der Waals surface area contributed by atoms with Crippen molar-refractivity contribution in [3.63, 3.8) is 0 Å². The summed E-state index contributed by atoms with van der Waals surface area (Å²) in [6.45, 7) is 12.6. The molecule has 4 aliphatic carbocycles. The van der Waals surface area contributed by atoms with Gasteiger partial charge in [0.2, 0.25) is 0 Å². The van der Waals surface area contributed by atoms with Crippen LogP contribution >= 0.6 is 28.6 Å². The van der Waals surface area contributed by atoms with Crippen LogP contribution in [-0.2, 0) is 4.57 Å². The Labute approximate surface area is 212 Å². The first kappa shape index (κ1) is 28.0. The Balaban J connectivity index is 0.000000555. The van der Waals surface area contributed by atoms with Gasteiger partial charge in [0.05, 0.1) is 6.10 Å². The van der Waals surface area contributed by atoms with Crippen molar-refractivity contribution in [1.82, 2.24) is 0 Å². The first-order valence-corrected chi connectivity index (χ1v) is 16.8. The lowest BCUT2D eigenvalue weighted by Crippen LogP contribution is -2.50. The summed E-state index contributed by atoms with van der Waals surface area (Å²) in [6, 6.07) is 0. The molecule has 33 heavy (non-hydrogen) atoms. The maximum Gasteiger partial charge on any atom is 0.377 e. The Morgan fingerprint density at radius 1 is 1.06 bits per heavy atom. The minimum absolute atomic E-state index is 0.0766. The van der Waals surface area contributed by atoms with Crippen LogP contribution in [0.15, 0.2) is 11.6 Å². The van der Waals surface area contributed by atoms with Crippen LogP contribution in [0.1, 0.15) is 105 Å². The van der Waals surface area contributed by atoms with E-state index in [1.165, 1.54) is 57.8 Å². The maximum atomic E-state index is 10.2. The Morgan fingerprint density at radius 2 is 1.73 bits per heavy atom. The third kappa shape index (κ3) is 6.43. The highest BCUT2D eigenvalue weighted by Crippen LogP contribution is 2.67. The molecule has 8 atom stereocenters. The molecule has 0 heterocycles. The number of hydrogen-bond donors (Lipinski definition) is 2. The lowest BCUT2D eigenvalue weighted by atomic mass is 9.47. The van der Waals surface area contributed by atoms with Crippen LogP contribution in [0.5, 0.6) is 0 Å². The standard InChI is InChI=1S/C27H46O.Cl2HO2P/c1-18(2)7-6-8-19(3)23-11-12-24-22-10-9-20-17-21(28)13-15-26(20,4)25(22)14-16-27(23,24)5;1-5(2,3)4/h9,18-19,21-25,28H,6-8,10-17H2,1-5H3;(H,3,4)/t19?,21-,22-,23+,24-,25-,26-,27+;/m0./s1. The van der Waals surface area contributed by atoms with Gasteiger partial charge in [0.15, 0.2) is 0 Å². The highest BCUT2D eigenvalue weighted by atomic mass is 35.9. The molecule has 6 heteroatoms. The summed E-state index contributed by atoms with van der Waals surface area (Å²) in [4.78, 5) is 7.61. The topological polar surface area (TPSA) is 57.5 Å². The van der Waals surface area contributed by atoms with Gasteiger partial charge in [-0.25, -0.2) is 0 Å². The van der Waals surface area contributed by atoms with Crippen molar-refractivity contribution in [3.8, 4) is 0 Å². The molecule has 3 nitrogen and oxygen atoms in total. The van der Waals surface area contributed by atoms with Gasteiger partial charge in [-0.2, -0.15) is 0 Å². The van der Waals surface area contributed by atoms with Gasteiger partial charge in [0, 0.05) is 0 Å². The zero-order valence-corrected chi connectivity index (χ0v) is 23.8. The minimum atomic E-state index is -3.69. The summed E-state index contributed by atoms with van der Waals surface area (Å²) in [5.41, 5.74) is 2.60. The van der Waals surface area contributed by atoms with Crippen molar-refractivity contribution in [3.05, 3.63) is 11.6 Å². The van der Waals surface area contributed by atoms with E-state index in [1.54, 1.807) is 5.57 Å². The van der Waals surface area contributed by atoms with E-state index in [2.05, 4.69) is 63.2 Å². The van der Waals surface area contributed by atoms with Crippen molar-refractivity contribution >= 4 is 28.6 Å². The molecule has 0 aromatic heterocycles. The zero-order valence-electron chi connectivity index (χ0n) is 21.4. The van der Waals surface area contributed by atoms with Gasteiger partial charge in [-0.3, -0.25) is 4.57 Å². The smallest absolute Gasteiger partial charge is 0.377 e. The quantitative estimate of drug-likeness (QED) is 0.280. The molecule has 4 rings (SSSR count). The molecule has 4 aliphatic rings. The summed E-state index contributed by atoms with van der Waals surface area (Å²) in [6.07, 6.45) is 13.5. The van der Waals surface area contributed by atoms with Crippen molar-refractivity contribution in [1.29, 1.82) is 0 Å². The second-order valence-corrected chi connectivity index (χ2v) is 16.8. The molecule has 0 aliphatic heterocycles. The average Bonchev–Trinajstić information content (AvgIpc) is 3.04. The fourth-order valence-electron chi connectivity index (χ4n) is 8.67. The van der Waals surface area contributed by atoms with E-state index in [0.717, 1.165) is 48.3 Å². The molecule has 192 valence electrons. The third-order valence-electron chi connectivity index (χ3n) is 10.3. The van der Waals surface area contributed by atoms with E-state index in [1.807, 2.05) is 0 Å². The van der Waals surface area contributed by atoms with Gasteiger partial charge >= 0.3 is 6.07 Å². The van der Waals surface area contributed by atoms with Crippen LogP contribution in [0.4, 0.5) is 0 Å². The lowest BCUT2D eigenvalue weighted by molar-refractivity contribution is -0.0573. The Bertz CT molecular complexity index is 741. The normalized spacial score (nSPS) is 41.3. The third-order valence-corrected chi connectivity index (χ3v) is 10.3. The van der Waals surface area contributed by atoms with Crippen molar-refractivity contribution in [2.75, 3.05) is 0 Å². The van der Waals surface area contributed by atoms with Crippen LogP contribution in [0.25, 0.3) is 0 Å². The molecule has 0 aromatic carbocycles. The van der Waals surface area contributed by atoms with Crippen LogP contribution in [0, 0.1) is 46.3 Å². The van der Waals surface area contributed by atoms with Crippen molar-refractivity contribution in [2.45, 2.75) is 111 Å². The maximum absolute atomic E-state index is 10.2. The Kier molecular flexibility index (Phi) is 9.21. The summed E-state index contributed by atoms with van der Waals surface area (Å²) in [5.74, 6) is 5.46. The largest absolute Gasteiger partial charge is 0.393 e. The number of aliphatic hydroxyl groups is 1. The monoisotopic (exact) mass is 520 g/mol. The fraction of sp³-hybridized carbons (Fsp3) is 0.926. The highest BCUT2D eigenvalue weighted by Gasteiger charge is 2.59. The number of allylic oxidation sites excluding steroid dienone is 1. The molecular weight excluding hydrogens is 474 g/mol. The summed E-state index contributed by atoms with van der Waals surface area (Å²) < 4.78 is 9.30. The average molecular weight is 522 g/mol. The molecule has 0 amide bonds. The van der Waals surface area contributed by atoms with E-state index in [-0.39, 0.29) is 6.10 Å². The second-order valence-electron chi connectivity index (χ2n) is 12.6. The van der Waals surface area contributed by atoms with Crippen molar-refractivity contribution < 1.29 is 14.6 Å². The molecule has 3 fully saturated rings.